The predicted molar refractivity (Wildman–Crippen MR) is 129 cm³/mol. The molecule has 4 nitrogen and oxygen atoms in total. The van der Waals surface area contributed by atoms with Crippen LogP contribution in [0.3, 0.4) is 0 Å². The smallest absolute Gasteiger partial charge is 0.220 e. The zero-order valence-corrected chi connectivity index (χ0v) is 19.4. The van der Waals surface area contributed by atoms with Crippen LogP contribution < -0.4 is 0 Å². The van der Waals surface area contributed by atoms with Crippen LogP contribution in [0.1, 0.15) is 54.3 Å². The maximum absolute atomic E-state index is 12.6. The summed E-state index contributed by atoms with van der Waals surface area (Å²) in [5.41, 5.74) is 1.73. The zero-order valence-electron chi connectivity index (χ0n) is 16.1. The van der Waals surface area contributed by atoms with E-state index in [0.717, 1.165) is 0 Å². The predicted octanol–water partition coefficient (Wildman–Crippen LogP) is 5.67. The van der Waals surface area contributed by atoms with Crippen molar-refractivity contribution in [1.82, 2.24) is 0 Å². The normalized spacial score (nSPS) is 17.6. The van der Waals surface area contributed by atoms with Gasteiger partial charge in [-0.2, -0.15) is 0 Å². The molecule has 2 aromatic carbocycles. The van der Waals surface area contributed by atoms with Gasteiger partial charge < -0.3 is 0 Å². The number of carbonyl (C=O) groups is 4. The summed E-state index contributed by atoms with van der Waals surface area (Å²) >= 11 is 4.68. The maximum atomic E-state index is 12.6. The minimum atomic E-state index is -0.122. The molecule has 0 fully saturated rings. The van der Waals surface area contributed by atoms with Crippen molar-refractivity contribution in [3.8, 4) is 0 Å². The second-order valence-corrected chi connectivity index (χ2v) is 10.6. The van der Waals surface area contributed by atoms with E-state index in [1.807, 2.05) is 0 Å². The number of thioether (sulfide) groups is 4. The first-order valence-corrected chi connectivity index (χ1v) is 13.4. The van der Waals surface area contributed by atoms with Gasteiger partial charge in [-0.15, -0.1) is 0 Å². The molecule has 1 aliphatic rings. The van der Waals surface area contributed by atoms with E-state index < -0.39 is 0 Å². The van der Waals surface area contributed by atoms with Gasteiger partial charge in [0.1, 0.15) is 0 Å². The molecule has 30 heavy (non-hydrogen) atoms. The Morgan fingerprint density at radius 1 is 0.433 bits per heavy atom. The van der Waals surface area contributed by atoms with Gasteiger partial charge in [0.25, 0.3) is 0 Å². The highest BCUT2D eigenvalue weighted by Crippen LogP contribution is 2.26. The average molecular weight is 477 g/mol. The number of fused-ring (bicyclic) bond motifs is 2. The highest BCUT2D eigenvalue weighted by Gasteiger charge is 2.19. The molecule has 0 spiro atoms. The lowest BCUT2D eigenvalue weighted by molar-refractivity contribution is 0.105. The summed E-state index contributed by atoms with van der Waals surface area (Å²) in [6.45, 7) is 0. The van der Waals surface area contributed by atoms with Gasteiger partial charge in [-0.05, 0) is 37.1 Å². The molecule has 8 heteroatoms. The molecule has 156 valence electrons. The molecule has 0 amide bonds. The van der Waals surface area contributed by atoms with Gasteiger partial charge in [0.15, 0.2) is 0 Å². The van der Waals surface area contributed by atoms with E-state index in [0.29, 0.717) is 58.1 Å². The Morgan fingerprint density at radius 2 is 0.667 bits per heavy atom. The van der Waals surface area contributed by atoms with Gasteiger partial charge in [0.2, 0.25) is 20.5 Å². The van der Waals surface area contributed by atoms with Crippen LogP contribution in [0.15, 0.2) is 48.5 Å². The molecular formula is C22H20O4S4. The van der Waals surface area contributed by atoms with E-state index in [4.69, 9.17) is 0 Å². The third-order valence-corrected chi connectivity index (χ3v) is 8.14. The highest BCUT2D eigenvalue weighted by atomic mass is 32.2. The molecule has 0 N–H and O–H groups in total. The van der Waals surface area contributed by atoms with E-state index in [2.05, 4.69) is 0 Å². The molecule has 2 aromatic rings. The fraction of sp³-hybridized carbons (Fsp3) is 0.273. The lowest BCUT2D eigenvalue weighted by Crippen LogP contribution is -2.08. The molecule has 0 radical (unpaired) electrons. The summed E-state index contributed by atoms with van der Waals surface area (Å²) < 4.78 is 0. The van der Waals surface area contributed by atoms with Gasteiger partial charge in [-0.1, -0.05) is 71.3 Å². The van der Waals surface area contributed by atoms with Gasteiger partial charge in [0.05, 0.1) is 0 Å². The van der Waals surface area contributed by atoms with Crippen LogP contribution >= 0.6 is 47.0 Å². The summed E-state index contributed by atoms with van der Waals surface area (Å²) in [5, 5.41) is -0.487. The van der Waals surface area contributed by atoms with E-state index in [1.165, 1.54) is 47.0 Å². The Balaban J connectivity index is 1.75. The monoisotopic (exact) mass is 476 g/mol. The van der Waals surface area contributed by atoms with Crippen LogP contribution in [0.5, 0.6) is 0 Å². The van der Waals surface area contributed by atoms with Gasteiger partial charge in [-0.3, -0.25) is 19.2 Å². The molecule has 0 saturated heterocycles. The third kappa shape index (κ3) is 6.26. The number of rotatable bonds is 0. The Morgan fingerprint density at radius 3 is 0.900 bits per heavy atom. The Hall–Kier alpha value is -1.48. The first-order chi connectivity index (χ1) is 14.6. The largest absolute Gasteiger partial charge is 0.282 e. The molecule has 0 bridgehead atoms. The fourth-order valence-corrected chi connectivity index (χ4v) is 6.36. The number of benzene rings is 2. The summed E-state index contributed by atoms with van der Waals surface area (Å²) in [6.07, 6.45) is 1.34. The first kappa shape index (κ1) is 23.2. The lowest BCUT2D eigenvalue weighted by Gasteiger charge is -2.09. The second-order valence-electron chi connectivity index (χ2n) is 6.34. The summed E-state index contributed by atoms with van der Waals surface area (Å²) in [5.74, 6) is 2.24. The zero-order chi connectivity index (χ0) is 21.3. The maximum Gasteiger partial charge on any atom is 0.220 e. The molecule has 3 rings (SSSR count). The van der Waals surface area contributed by atoms with Crippen molar-refractivity contribution in [2.75, 3.05) is 23.0 Å². The van der Waals surface area contributed by atoms with Crippen LogP contribution in [-0.2, 0) is 0 Å². The van der Waals surface area contributed by atoms with Crippen LogP contribution in [0.25, 0.3) is 0 Å². The second kappa shape index (κ2) is 11.8. The summed E-state index contributed by atoms with van der Waals surface area (Å²) in [4.78, 5) is 50.4. The van der Waals surface area contributed by atoms with Crippen LogP contribution in [0, 0.1) is 0 Å². The molecule has 0 aromatic heterocycles. The Labute approximate surface area is 192 Å². The fourth-order valence-electron chi connectivity index (χ4n) is 2.77. The van der Waals surface area contributed by atoms with Crippen molar-refractivity contribution in [2.24, 2.45) is 0 Å². The summed E-state index contributed by atoms with van der Waals surface area (Å²) in [6, 6.07) is 13.8. The first-order valence-electron chi connectivity index (χ1n) is 9.44. The van der Waals surface area contributed by atoms with Crippen molar-refractivity contribution < 1.29 is 19.2 Å². The van der Waals surface area contributed by atoms with Crippen molar-refractivity contribution in [3.05, 3.63) is 70.8 Å². The molecule has 1 aliphatic heterocycles. The molecule has 0 aliphatic carbocycles. The number of hydrogen-bond donors (Lipinski definition) is 0. The molecule has 0 atom stereocenters. The highest BCUT2D eigenvalue weighted by molar-refractivity contribution is 8.15. The van der Waals surface area contributed by atoms with E-state index in [9.17, 15) is 19.2 Å². The van der Waals surface area contributed by atoms with Gasteiger partial charge in [0, 0.05) is 45.3 Å². The van der Waals surface area contributed by atoms with Crippen molar-refractivity contribution in [3.63, 3.8) is 0 Å². The molecular weight excluding hydrogens is 457 g/mol. The van der Waals surface area contributed by atoms with E-state index >= 15 is 0 Å². The van der Waals surface area contributed by atoms with Gasteiger partial charge >= 0.3 is 0 Å². The van der Waals surface area contributed by atoms with E-state index in [1.54, 1.807) is 48.5 Å². The minimum absolute atomic E-state index is 0.122. The SMILES string of the molecule is O=C1SCCCSC(=O)c2ccccc2C(=O)SCCCSC(=O)c2ccccc21. The molecule has 1 heterocycles. The van der Waals surface area contributed by atoms with Gasteiger partial charge in [-0.25, -0.2) is 0 Å². The minimum Gasteiger partial charge on any atom is -0.282 e. The van der Waals surface area contributed by atoms with Crippen molar-refractivity contribution in [1.29, 1.82) is 0 Å². The third-order valence-electron chi connectivity index (χ3n) is 4.24. The number of hydrogen-bond acceptors (Lipinski definition) is 8. The topological polar surface area (TPSA) is 68.3 Å². The molecule has 0 unspecified atom stereocenters. The standard InChI is InChI=1S/C22H20O4S4/c23-19-15-7-1-2-8-16(15)20(24)28-12-6-14-30-22(26)18-10-4-3-9-17(18)21(25)29-13-5-11-27-19/h1-4,7-10H,5-6,11-14H2. The Bertz CT molecular complexity index is 806. The van der Waals surface area contributed by atoms with Crippen LogP contribution in [0.4, 0.5) is 0 Å². The Kier molecular flexibility index (Phi) is 9.11. The quantitative estimate of drug-likeness (QED) is 0.481. The summed E-state index contributed by atoms with van der Waals surface area (Å²) in [7, 11) is 0. The van der Waals surface area contributed by atoms with Crippen LogP contribution in [0.2, 0.25) is 0 Å². The van der Waals surface area contributed by atoms with Crippen molar-refractivity contribution in [2.45, 2.75) is 12.8 Å². The average Bonchev–Trinajstić information content (AvgIpc) is 2.77. The number of carbonyl (C=O) groups excluding carboxylic acids is 4. The van der Waals surface area contributed by atoms with Crippen LogP contribution in [-0.4, -0.2) is 43.5 Å². The lowest BCUT2D eigenvalue weighted by atomic mass is 10.1. The van der Waals surface area contributed by atoms with Crippen molar-refractivity contribution >= 4 is 67.5 Å². The van der Waals surface area contributed by atoms with E-state index in [-0.39, 0.29) is 20.5 Å². The molecule has 0 saturated carbocycles.